The van der Waals surface area contributed by atoms with E-state index in [1.54, 1.807) is 23.5 Å². The maximum atomic E-state index is 6.16. The highest BCUT2D eigenvalue weighted by atomic mass is 35.5. The van der Waals surface area contributed by atoms with Crippen LogP contribution in [0.1, 0.15) is 0 Å². The highest BCUT2D eigenvalue weighted by Crippen LogP contribution is 2.38. The summed E-state index contributed by atoms with van der Waals surface area (Å²) in [4.78, 5) is 10.1. The molecule has 2 nitrogen and oxygen atoms in total. The highest BCUT2D eigenvalue weighted by molar-refractivity contribution is 7.98. The van der Waals surface area contributed by atoms with Crippen molar-refractivity contribution >= 4 is 46.7 Å². The van der Waals surface area contributed by atoms with Gasteiger partial charge in [0.15, 0.2) is 0 Å². The standard InChI is InChI=1S/C18H14Cl2N2S2/c1-23-14-9-5-12(6-10-14)16-15(11-3-7-13(19)8-4-11)17(24-2)22-18(20)21-16/h3-10H,1-2H3. The first-order valence-electron chi connectivity index (χ1n) is 7.14. The van der Waals surface area contributed by atoms with Gasteiger partial charge in [0.05, 0.1) is 5.69 Å². The topological polar surface area (TPSA) is 25.8 Å². The van der Waals surface area contributed by atoms with Gasteiger partial charge in [-0.2, -0.15) is 0 Å². The lowest BCUT2D eigenvalue weighted by atomic mass is 10.0. The molecule has 0 aliphatic rings. The fourth-order valence-electron chi connectivity index (χ4n) is 2.40. The number of hydrogen-bond acceptors (Lipinski definition) is 4. The van der Waals surface area contributed by atoms with Crippen molar-refractivity contribution in [3.05, 3.63) is 58.8 Å². The number of halogens is 2. The van der Waals surface area contributed by atoms with E-state index in [2.05, 4.69) is 40.5 Å². The lowest BCUT2D eigenvalue weighted by molar-refractivity contribution is 1.06. The van der Waals surface area contributed by atoms with Gasteiger partial charge in [0.2, 0.25) is 5.28 Å². The first-order valence-corrected chi connectivity index (χ1v) is 10.3. The minimum atomic E-state index is 0.251. The zero-order valence-electron chi connectivity index (χ0n) is 13.1. The quantitative estimate of drug-likeness (QED) is 0.285. The minimum Gasteiger partial charge on any atom is -0.217 e. The summed E-state index contributed by atoms with van der Waals surface area (Å²) in [6.07, 6.45) is 4.04. The van der Waals surface area contributed by atoms with Crippen molar-refractivity contribution in [2.75, 3.05) is 12.5 Å². The third-order valence-corrected chi connectivity index (χ3v) is 5.38. The minimum absolute atomic E-state index is 0.251. The highest BCUT2D eigenvalue weighted by Gasteiger charge is 2.17. The van der Waals surface area contributed by atoms with Crippen LogP contribution in [0.4, 0.5) is 0 Å². The molecule has 0 amide bonds. The van der Waals surface area contributed by atoms with E-state index >= 15 is 0 Å². The number of hydrogen-bond donors (Lipinski definition) is 0. The van der Waals surface area contributed by atoms with E-state index in [-0.39, 0.29) is 5.28 Å². The summed E-state index contributed by atoms with van der Waals surface area (Å²) in [5, 5.41) is 1.80. The average molecular weight is 393 g/mol. The summed E-state index contributed by atoms with van der Waals surface area (Å²) < 4.78 is 0. The van der Waals surface area contributed by atoms with Gasteiger partial charge in [-0.25, -0.2) is 9.97 Å². The van der Waals surface area contributed by atoms with Gasteiger partial charge >= 0.3 is 0 Å². The molecule has 0 aliphatic carbocycles. The van der Waals surface area contributed by atoms with E-state index in [4.69, 9.17) is 23.2 Å². The Labute approximate surface area is 160 Å². The van der Waals surface area contributed by atoms with Crippen LogP contribution in [0, 0.1) is 0 Å². The van der Waals surface area contributed by atoms with E-state index in [0.29, 0.717) is 5.02 Å². The Hall–Kier alpha value is -1.20. The van der Waals surface area contributed by atoms with Crippen LogP contribution in [-0.4, -0.2) is 22.5 Å². The van der Waals surface area contributed by atoms with Crippen LogP contribution >= 0.6 is 46.7 Å². The molecule has 0 N–H and O–H groups in total. The second-order valence-electron chi connectivity index (χ2n) is 4.96. The van der Waals surface area contributed by atoms with Crippen molar-refractivity contribution in [2.24, 2.45) is 0 Å². The maximum Gasteiger partial charge on any atom is 0.224 e. The van der Waals surface area contributed by atoms with Gasteiger partial charge in [-0.05, 0) is 53.9 Å². The number of benzene rings is 2. The molecular formula is C18H14Cl2N2S2. The lowest BCUT2D eigenvalue weighted by Gasteiger charge is -2.13. The molecule has 0 radical (unpaired) electrons. The van der Waals surface area contributed by atoms with E-state index in [1.165, 1.54) is 4.90 Å². The normalized spacial score (nSPS) is 10.8. The monoisotopic (exact) mass is 392 g/mol. The summed E-state index contributed by atoms with van der Waals surface area (Å²) >= 11 is 15.4. The van der Waals surface area contributed by atoms with Crippen molar-refractivity contribution < 1.29 is 0 Å². The molecular weight excluding hydrogens is 379 g/mol. The van der Waals surface area contributed by atoms with Crippen molar-refractivity contribution in [2.45, 2.75) is 9.92 Å². The van der Waals surface area contributed by atoms with Crippen LogP contribution < -0.4 is 0 Å². The van der Waals surface area contributed by atoms with E-state index in [1.807, 2.05) is 30.5 Å². The van der Waals surface area contributed by atoms with Gasteiger partial charge in [0, 0.05) is 21.0 Å². The van der Waals surface area contributed by atoms with Crippen LogP contribution in [0.2, 0.25) is 10.3 Å². The molecule has 1 aromatic heterocycles. The van der Waals surface area contributed by atoms with E-state index < -0.39 is 0 Å². The zero-order valence-corrected chi connectivity index (χ0v) is 16.2. The molecule has 1 heterocycles. The Morgan fingerprint density at radius 3 is 1.96 bits per heavy atom. The zero-order chi connectivity index (χ0) is 17.1. The average Bonchev–Trinajstić information content (AvgIpc) is 2.62. The van der Waals surface area contributed by atoms with Gasteiger partial charge in [-0.15, -0.1) is 23.5 Å². The molecule has 6 heteroatoms. The van der Waals surface area contributed by atoms with Crippen molar-refractivity contribution in [3.8, 4) is 22.4 Å². The third kappa shape index (κ3) is 3.72. The van der Waals surface area contributed by atoms with Crippen molar-refractivity contribution in [1.82, 2.24) is 9.97 Å². The molecule has 0 spiro atoms. The largest absolute Gasteiger partial charge is 0.224 e. The van der Waals surface area contributed by atoms with Gasteiger partial charge in [0.1, 0.15) is 5.03 Å². The van der Waals surface area contributed by atoms with Gasteiger partial charge < -0.3 is 0 Å². The summed E-state index contributed by atoms with van der Waals surface area (Å²) in [6.45, 7) is 0. The molecule has 0 atom stereocenters. The number of aromatic nitrogens is 2. The number of rotatable bonds is 4. The summed E-state index contributed by atoms with van der Waals surface area (Å²) in [5.41, 5.74) is 3.83. The maximum absolute atomic E-state index is 6.16. The Balaban J connectivity index is 2.23. The van der Waals surface area contributed by atoms with Crippen molar-refractivity contribution in [3.63, 3.8) is 0 Å². The molecule has 0 saturated carbocycles. The Morgan fingerprint density at radius 1 is 0.750 bits per heavy atom. The van der Waals surface area contributed by atoms with Crippen molar-refractivity contribution in [1.29, 1.82) is 0 Å². The Morgan fingerprint density at radius 2 is 1.38 bits per heavy atom. The van der Waals surface area contributed by atoms with Gasteiger partial charge in [0.25, 0.3) is 0 Å². The Bertz CT molecular complexity index is 850. The van der Waals surface area contributed by atoms with Gasteiger partial charge in [-0.1, -0.05) is 35.9 Å². The molecule has 0 fully saturated rings. The molecule has 24 heavy (non-hydrogen) atoms. The molecule has 0 saturated heterocycles. The summed E-state index contributed by atoms with van der Waals surface area (Å²) in [6, 6.07) is 16.0. The van der Waals surface area contributed by atoms with E-state index in [0.717, 1.165) is 27.4 Å². The smallest absolute Gasteiger partial charge is 0.217 e. The van der Waals surface area contributed by atoms with Crippen LogP contribution in [0.3, 0.4) is 0 Å². The third-order valence-electron chi connectivity index (χ3n) is 3.54. The van der Waals surface area contributed by atoms with Crippen LogP contribution in [0.25, 0.3) is 22.4 Å². The molecule has 3 rings (SSSR count). The van der Waals surface area contributed by atoms with Crippen LogP contribution in [0.15, 0.2) is 58.5 Å². The van der Waals surface area contributed by atoms with E-state index in [9.17, 15) is 0 Å². The molecule has 0 aliphatic heterocycles. The molecule has 2 aromatic carbocycles. The van der Waals surface area contributed by atoms with Crippen LogP contribution in [-0.2, 0) is 0 Å². The Kier molecular flexibility index (Phi) is 5.72. The number of nitrogens with zero attached hydrogens (tertiary/aromatic N) is 2. The number of thioether (sulfide) groups is 2. The summed E-state index contributed by atoms with van der Waals surface area (Å²) in [7, 11) is 0. The fraction of sp³-hybridized carbons (Fsp3) is 0.111. The first kappa shape index (κ1) is 17.6. The second kappa shape index (κ2) is 7.79. The first-order chi connectivity index (χ1) is 11.6. The van der Waals surface area contributed by atoms with Crippen LogP contribution in [0.5, 0.6) is 0 Å². The molecule has 122 valence electrons. The molecule has 3 aromatic rings. The predicted octanol–water partition coefficient (Wildman–Crippen LogP) is 6.56. The molecule has 0 bridgehead atoms. The molecule has 0 unspecified atom stereocenters. The second-order valence-corrected chi connectivity index (χ2v) is 7.41. The summed E-state index contributed by atoms with van der Waals surface area (Å²) in [5.74, 6) is 0. The fourth-order valence-corrected chi connectivity index (χ4v) is 3.75. The predicted molar refractivity (Wildman–Crippen MR) is 106 cm³/mol. The SMILES string of the molecule is CSc1ccc(-c2nc(Cl)nc(SC)c2-c2ccc(Cl)cc2)cc1. The lowest BCUT2D eigenvalue weighted by Crippen LogP contribution is -1.96. The van der Waals surface area contributed by atoms with Gasteiger partial charge in [-0.3, -0.25) is 0 Å².